The van der Waals surface area contributed by atoms with E-state index in [1.807, 2.05) is 42.5 Å². The van der Waals surface area contributed by atoms with E-state index >= 15 is 0 Å². The van der Waals surface area contributed by atoms with Crippen molar-refractivity contribution in [2.75, 3.05) is 13.2 Å². The number of carbonyl (C=O) groups excluding carboxylic acids is 2. The van der Waals surface area contributed by atoms with Crippen LogP contribution in [0.5, 0.6) is 0 Å². The van der Waals surface area contributed by atoms with Gasteiger partial charge in [0.2, 0.25) is 5.91 Å². The predicted octanol–water partition coefficient (Wildman–Crippen LogP) is 2.61. The highest BCUT2D eigenvalue weighted by atomic mass is 16.6. The molecule has 0 aromatic heterocycles. The summed E-state index contributed by atoms with van der Waals surface area (Å²) in [5.74, 6) is -1.17. The zero-order chi connectivity index (χ0) is 17.5. The predicted molar refractivity (Wildman–Crippen MR) is 93.6 cm³/mol. The number of allylic oxidation sites excluding steroid dienone is 2. The van der Waals surface area contributed by atoms with Crippen LogP contribution in [0.3, 0.4) is 0 Å². The fraction of sp³-hybridized carbons (Fsp3) is 0.500. The van der Waals surface area contributed by atoms with Crippen molar-refractivity contribution in [1.82, 2.24) is 5.32 Å². The Morgan fingerprint density at radius 1 is 1.12 bits per heavy atom. The summed E-state index contributed by atoms with van der Waals surface area (Å²) >= 11 is 0. The first-order valence-electron chi connectivity index (χ1n) is 8.99. The van der Waals surface area contributed by atoms with Crippen LogP contribution in [-0.2, 0) is 25.6 Å². The van der Waals surface area contributed by atoms with Gasteiger partial charge in [-0.25, -0.2) is 0 Å². The Kier molecular flexibility index (Phi) is 6.23. The lowest BCUT2D eigenvalue weighted by atomic mass is 9.82. The molecule has 1 aliphatic carbocycles. The van der Waals surface area contributed by atoms with Crippen molar-refractivity contribution < 1.29 is 19.1 Å². The van der Waals surface area contributed by atoms with E-state index in [-0.39, 0.29) is 30.5 Å². The van der Waals surface area contributed by atoms with Crippen molar-refractivity contribution >= 4 is 11.9 Å². The molecule has 0 bridgehead atoms. The number of carbonyl (C=O) groups is 2. The third-order valence-corrected chi connectivity index (χ3v) is 4.82. The largest absolute Gasteiger partial charge is 0.463 e. The van der Waals surface area contributed by atoms with Gasteiger partial charge >= 0.3 is 5.97 Å². The molecule has 0 unspecified atom stereocenters. The molecule has 1 aromatic rings. The molecular weight excluding hydrogens is 318 g/mol. The molecule has 0 spiro atoms. The molecule has 5 nitrogen and oxygen atoms in total. The van der Waals surface area contributed by atoms with Crippen molar-refractivity contribution in [3.05, 3.63) is 48.0 Å². The summed E-state index contributed by atoms with van der Waals surface area (Å²) in [7, 11) is 0. The molecule has 1 fully saturated rings. The molecule has 1 aromatic carbocycles. The van der Waals surface area contributed by atoms with E-state index in [0.717, 1.165) is 25.0 Å². The number of ether oxygens (including phenoxy) is 2. The molecule has 0 radical (unpaired) electrons. The van der Waals surface area contributed by atoms with Crippen LogP contribution in [0.4, 0.5) is 0 Å². The van der Waals surface area contributed by atoms with Crippen LogP contribution >= 0.6 is 0 Å². The smallest absolute Gasteiger partial charge is 0.310 e. The Morgan fingerprint density at radius 3 is 2.60 bits per heavy atom. The fourth-order valence-electron chi connectivity index (χ4n) is 3.34. The standard InChI is InChI=1S/C20H25NO4/c22-19(21-13-15-7-2-1-3-8-15)17-10-4-5-11-18(17)20(23)25-14-16-9-6-12-24-16/h1-5,7-8,16-18H,6,9-14H2,(H,21,22)/t16-,17-,18-/m1/s1. The SMILES string of the molecule is O=C(NCc1ccccc1)[C@@H]1CC=CC[C@H]1C(=O)OC[C@H]1CCCO1. The van der Waals surface area contributed by atoms with Crippen LogP contribution in [-0.4, -0.2) is 31.2 Å². The molecule has 1 aliphatic heterocycles. The first-order valence-corrected chi connectivity index (χ1v) is 8.99. The number of amides is 1. The van der Waals surface area contributed by atoms with E-state index in [9.17, 15) is 9.59 Å². The maximum Gasteiger partial charge on any atom is 0.310 e. The molecule has 1 heterocycles. The van der Waals surface area contributed by atoms with Gasteiger partial charge in [-0.3, -0.25) is 9.59 Å². The highest BCUT2D eigenvalue weighted by molar-refractivity contribution is 5.86. The lowest BCUT2D eigenvalue weighted by molar-refractivity contribution is -0.156. The van der Waals surface area contributed by atoms with E-state index in [4.69, 9.17) is 9.47 Å². The van der Waals surface area contributed by atoms with Crippen LogP contribution in [0.15, 0.2) is 42.5 Å². The van der Waals surface area contributed by atoms with Crippen LogP contribution in [0.2, 0.25) is 0 Å². The second-order valence-electron chi connectivity index (χ2n) is 6.62. The van der Waals surface area contributed by atoms with E-state index in [2.05, 4.69) is 5.32 Å². The van der Waals surface area contributed by atoms with Gasteiger partial charge in [-0.2, -0.15) is 0 Å². The lowest BCUT2D eigenvalue weighted by Crippen LogP contribution is -2.39. The normalized spacial score (nSPS) is 25.5. The van der Waals surface area contributed by atoms with E-state index in [1.165, 1.54) is 0 Å². The van der Waals surface area contributed by atoms with Crippen molar-refractivity contribution in [3.8, 4) is 0 Å². The van der Waals surface area contributed by atoms with Crippen LogP contribution in [0.25, 0.3) is 0 Å². The Labute approximate surface area is 148 Å². The van der Waals surface area contributed by atoms with Crippen LogP contribution < -0.4 is 5.32 Å². The van der Waals surface area contributed by atoms with Crippen molar-refractivity contribution in [1.29, 1.82) is 0 Å². The van der Waals surface area contributed by atoms with Gasteiger partial charge in [-0.15, -0.1) is 0 Å². The zero-order valence-electron chi connectivity index (χ0n) is 14.4. The van der Waals surface area contributed by atoms with Gasteiger partial charge in [0.15, 0.2) is 0 Å². The Balaban J connectivity index is 1.53. The maximum atomic E-state index is 12.6. The maximum absolute atomic E-state index is 12.6. The topological polar surface area (TPSA) is 64.6 Å². The number of hydrogen-bond donors (Lipinski definition) is 1. The lowest BCUT2D eigenvalue weighted by Gasteiger charge is -2.26. The number of hydrogen-bond acceptors (Lipinski definition) is 4. The van der Waals surface area contributed by atoms with Gasteiger partial charge in [-0.05, 0) is 31.2 Å². The number of rotatable bonds is 6. The summed E-state index contributed by atoms with van der Waals surface area (Å²) < 4.78 is 10.9. The summed E-state index contributed by atoms with van der Waals surface area (Å²) in [5.41, 5.74) is 1.04. The monoisotopic (exact) mass is 343 g/mol. The summed E-state index contributed by atoms with van der Waals surface area (Å²) in [6.07, 6.45) is 7.00. The van der Waals surface area contributed by atoms with E-state index in [0.29, 0.717) is 19.4 Å². The summed E-state index contributed by atoms with van der Waals surface area (Å²) in [4.78, 5) is 25.0. The highest BCUT2D eigenvalue weighted by Crippen LogP contribution is 2.27. The molecular formula is C20H25NO4. The van der Waals surface area contributed by atoms with Gasteiger partial charge in [0.1, 0.15) is 6.61 Å². The molecule has 134 valence electrons. The Hall–Kier alpha value is -2.14. The molecule has 1 N–H and O–H groups in total. The Morgan fingerprint density at radius 2 is 1.88 bits per heavy atom. The third kappa shape index (κ3) is 4.92. The van der Waals surface area contributed by atoms with Crippen molar-refractivity contribution in [3.63, 3.8) is 0 Å². The van der Waals surface area contributed by atoms with Crippen molar-refractivity contribution in [2.45, 2.75) is 38.3 Å². The van der Waals surface area contributed by atoms with Gasteiger partial charge in [0.25, 0.3) is 0 Å². The van der Waals surface area contributed by atoms with Gasteiger partial charge in [0, 0.05) is 13.2 Å². The molecule has 3 rings (SSSR count). The summed E-state index contributed by atoms with van der Waals surface area (Å²) in [6.45, 7) is 1.49. The average molecular weight is 343 g/mol. The summed E-state index contributed by atoms with van der Waals surface area (Å²) in [6, 6.07) is 9.76. The fourth-order valence-corrected chi connectivity index (χ4v) is 3.34. The number of esters is 1. The summed E-state index contributed by atoms with van der Waals surface area (Å²) in [5, 5.41) is 2.95. The molecule has 1 saturated heterocycles. The minimum absolute atomic E-state index is 0.00781. The average Bonchev–Trinajstić information content (AvgIpc) is 3.18. The van der Waals surface area contributed by atoms with E-state index < -0.39 is 5.92 Å². The van der Waals surface area contributed by atoms with Gasteiger partial charge in [0.05, 0.1) is 17.9 Å². The quantitative estimate of drug-likeness (QED) is 0.637. The highest BCUT2D eigenvalue weighted by Gasteiger charge is 2.35. The molecule has 25 heavy (non-hydrogen) atoms. The zero-order valence-corrected chi connectivity index (χ0v) is 14.4. The minimum Gasteiger partial charge on any atom is -0.463 e. The molecule has 2 aliphatic rings. The van der Waals surface area contributed by atoms with Crippen molar-refractivity contribution in [2.24, 2.45) is 11.8 Å². The second kappa shape index (κ2) is 8.81. The molecule has 0 saturated carbocycles. The molecule has 3 atom stereocenters. The first kappa shape index (κ1) is 17.7. The number of benzene rings is 1. The third-order valence-electron chi connectivity index (χ3n) is 4.82. The van der Waals surface area contributed by atoms with Crippen LogP contribution in [0, 0.1) is 11.8 Å². The van der Waals surface area contributed by atoms with Gasteiger partial charge in [-0.1, -0.05) is 42.5 Å². The first-order chi connectivity index (χ1) is 12.2. The Bertz CT molecular complexity index is 607. The van der Waals surface area contributed by atoms with Crippen LogP contribution in [0.1, 0.15) is 31.2 Å². The molecule has 5 heteroatoms. The molecule has 1 amide bonds. The second-order valence-corrected chi connectivity index (χ2v) is 6.62. The van der Waals surface area contributed by atoms with Gasteiger partial charge < -0.3 is 14.8 Å². The number of nitrogens with one attached hydrogen (secondary N) is 1. The minimum atomic E-state index is -0.415. The van der Waals surface area contributed by atoms with E-state index in [1.54, 1.807) is 0 Å².